The average molecular weight is 291 g/mol. The van der Waals surface area contributed by atoms with E-state index in [0.717, 1.165) is 17.7 Å². The number of amidine groups is 1. The van der Waals surface area contributed by atoms with Crippen LogP contribution in [-0.4, -0.2) is 11.0 Å². The molecule has 0 bridgehead atoms. The van der Waals surface area contributed by atoms with Crippen molar-refractivity contribution in [3.63, 3.8) is 0 Å². The Labute approximate surface area is 120 Å². The molecule has 0 aromatic heterocycles. The lowest BCUT2D eigenvalue weighted by Crippen LogP contribution is -2.13. The monoisotopic (exact) mass is 291 g/mol. The second-order valence-corrected chi connectivity index (χ2v) is 4.62. The van der Waals surface area contributed by atoms with Crippen molar-refractivity contribution in [3.05, 3.63) is 64.7 Å². The number of nitrogens with one attached hydrogen (secondary N) is 1. The largest absolute Gasteiger partial charge is 0.409 e. The first-order chi connectivity index (χ1) is 10.0. The number of benzene rings is 2. The third-order valence-corrected chi connectivity index (χ3v) is 3.06. The van der Waals surface area contributed by atoms with Gasteiger partial charge in [0.2, 0.25) is 0 Å². The van der Waals surface area contributed by atoms with Gasteiger partial charge in [-0.05, 0) is 30.2 Å². The number of hydrogen-bond acceptors (Lipinski definition) is 3. The minimum Gasteiger partial charge on any atom is -0.409 e. The lowest BCUT2D eigenvalue weighted by atomic mass is 10.1. The number of nitrogens with two attached hydrogens (primary N) is 1. The first-order valence-electron chi connectivity index (χ1n) is 6.27. The van der Waals surface area contributed by atoms with Crippen molar-refractivity contribution in [2.24, 2.45) is 10.9 Å². The van der Waals surface area contributed by atoms with Crippen molar-refractivity contribution in [3.8, 4) is 0 Å². The Balaban J connectivity index is 2.15. The summed E-state index contributed by atoms with van der Waals surface area (Å²) >= 11 is 0. The van der Waals surface area contributed by atoms with Crippen LogP contribution in [0.15, 0.2) is 41.6 Å². The standard InChI is InChI=1S/C15H15F2N3O/c1-9-5-13(17)14(7-12(9)16)19-8-10-3-2-4-11(6-10)15(18)20-21/h2-7,19,21H,8H2,1H3,(H2,18,20). The maximum atomic E-state index is 13.7. The highest BCUT2D eigenvalue weighted by Gasteiger charge is 2.07. The smallest absolute Gasteiger partial charge is 0.170 e. The number of aryl methyl sites for hydroxylation is 1. The predicted molar refractivity (Wildman–Crippen MR) is 77.4 cm³/mol. The SMILES string of the molecule is Cc1cc(F)c(NCc2cccc(/C(N)=N/O)c2)cc1F. The molecule has 21 heavy (non-hydrogen) atoms. The quantitative estimate of drug-likeness (QED) is 0.351. The zero-order valence-electron chi connectivity index (χ0n) is 11.4. The van der Waals surface area contributed by atoms with Gasteiger partial charge >= 0.3 is 0 Å². The van der Waals surface area contributed by atoms with Crippen LogP contribution in [0.25, 0.3) is 0 Å². The molecule has 0 amide bonds. The summed E-state index contributed by atoms with van der Waals surface area (Å²) in [4.78, 5) is 0. The first kappa shape index (κ1) is 14.8. The predicted octanol–water partition coefficient (Wildman–Crippen LogP) is 2.98. The topological polar surface area (TPSA) is 70.6 Å². The number of nitrogens with zero attached hydrogens (tertiary/aromatic N) is 1. The molecule has 0 radical (unpaired) electrons. The van der Waals surface area contributed by atoms with E-state index >= 15 is 0 Å². The zero-order chi connectivity index (χ0) is 15.4. The Morgan fingerprint density at radius 2 is 2.00 bits per heavy atom. The van der Waals surface area contributed by atoms with Crippen molar-refractivity contribution in [1.82, 2.24) is 0 Å². The highest BCUT2D eigenvalue weighted by molar-refractivity contribution is 5.97. The van der Waals surface area contributed by atoms with Gasteiger partial charge in [-0.3, -0.25) is 0 Å². The van der Waals surface area contributed by atoms with Crippen molar-refractivity contribution < 1.29 is 14.0 Å². The van der Waals surface area contributed by atoms with Gasteiger partial charge in [0.05, 0.1) is 5.69 Å². The Morgan fingerprint density at radius 3 is 2.71 bits per heavy atom. The van der Waals surface area contributed by atoms with Gasteiger partial charge in [-0.25, -0.2) is 8.78 Å². The van der Waals surface area contributed by atoms with Crippen molar-refractivity contribution in [1.29, 1.82) is 0 Å². The Hall–Kier alpha value is -2.63. The highest BCUT2D eigenvalue weighted by Crippen LogP contribution is 2.19. The van der Waals surface area contributed by atoms with Crippen LogP contribution in [0, 0.1) is 18.6 Å². The summed E-state index contributed by atoms with van der Waals surface area (Å²) in [6, 6.07) is 9.18. The van der Waals surface area contributed by atoms with Gasteiger partial charge in [-0.1, -0.05) is 23.4 Å². The van der Waals surface area contributed by atoms with Gasteiger partial charge in [-0.15, -0.1) is 0 Å². The van der Waals surface area contributed by atoms with Gasteiger partial charge in [0.1, 0.15) is 11.6 Å². The molecule has 2 aromatic rings. The summed E-state index contributed by atoms with van der Waals surface area (Å²) in [6.07, 6.45) is 0. The molecule has 0 spiro atoms. The molecule has 0 saturated carbocycles. The van der Waals surface area contributed by atoms with Gasteiger partial charge < -0.3 is 16.3 Å². The van der Waals surface area contributed by atoms with Crippen LogP contribution in [0.1, 0.15) is 16.7 Å². The molecule has 2 rings (SSSR count). The van der Waals surface area contributed by atoms with Crippen molar-refractivity contribution in [2.45, 2.75) is 13.5 Å². The van der Waals surface area contributed by atoms with Crippen LogP contribution in [0.3, 0.4) is 0 Å². The van der Waals surface area contributed by atoms with E-state index in [2.05, 4.69) is 10.5 Å². The van der Waals surface area contributed by atoms with E-state index in [1.807, 2.05) is 0 Å². The van der Waals surface area contributed by atoms with Gasteiger partial charge in [0, 0.05) is 18.2 Å². The summed E-state index contributed by atoms with van der Waals surface area (Å²) in [5, 5.41) is 14.4. The van der Waals surface area contributed by atoms with Crippen LogP contribution in [0.2, 0.25) is 0 Å². The molecule has 4 N–H and O–H groups in total. The fourth-order valence-electron chi connectivity index (χ4n) is 1.88. The normalized spacial score (nSPS) is 11.5. The van der Waals surface area contributed by atoms with Crippen LogP contribution < -0.4 is 11.1 Å². The number of oxime groups is 1. The second kappa shape index (κ2) is 6.21. The summed E-state index contributed by atoms with van der Waals surface area (Å²) in [5.41, 5.74) is 7.19. The summed E-state index contributed by atoms with van der Waals surface area (Å²) in [7, 11) is 0. The molecule has 0 atom stereocenters. The zero-order valence-corrected chi connectivity index (χ0v) is 11.4. The molecule has 0 heterocycles. The van der Waals surface area contributed by atoms with E-state index in [1.165, 1.54) is 6.92 Å². The Morgan fingerprint density at radius 1 is 1.24 bits per heavy atom. The molecule has 110 valence electrons. The molecule has 0 fully saturated rings. The fraction of sp³-hybridized carbons (Fsp3) is 0.133. The number of anilines is 1. The van der Waals surface area contributed by atoms with Gasteiger partial charge in [0.15, 0.2) is 5.84 Å². The first-order valence-corrected chi connectivity index (χ1v) is 6.27. The molecule has 0 aliphatic heterocycles. The van der Waals surface area contributed by atoms with Crippen LogP contribution >= 0.6 is 0 Å². The van der Waals surface area contributed by atoms with E-state index in [0.29, 0.717) is 5.56 Å². The minimum absolute atomic E-state index is 0.00980. The number of rotatable bonds is 4. The highest BCUT2D eigenvalue weighted by atomic mass is 19.1. The third-order valence-electron chi connectivity index (χ3n) is 3.06. The molecule has 0 unspecified atom stereocenters. The Kier molecular flexibility index (Phi) is 4.37. The van der Waals surface area contributed by atoms with Gasteiger partial charge in [0.25, 0.3) is 0 Å². The number of halogens is 2. The molecule has 4 nitrogen and oxygen atoms in total. The van der Waals surface area contributed by atoms with E-state index in [1.54, 1.807) is 24.3 Å². The summed E-state index contributed by atoms with van der Waals surface area (Å²) in [5.74, 6) is -0.991. The summed E-state index contributed by atoms with van der Waals surface area (Å²) < 4.78 is 27.1. The molecule has 6 heteroatoms. The lowest BCUT2D eigenvalue weighted by molar-refractivity contribution is 0.318. The maximum Gasteiger partial charge on any atom is 0.170 e. The van der Waals surface area contributed by atoms with Crippen LogP contribution in [0.5, 0.6) is 0 Å². The van der Waals surface area contributed by atoms with Crippen molar-refractivity contribution in [2.75, 3.05) is 5.32 Å². The van der Waals surface area contributed by atoms with E-state index in [9.17, 15) is 8.78 Å². The van der Waals surface area contributed by atoms with Crippen LogP contribution in [-0.2, 0) is 6.54 Å². The second-order valence-electron chi connectivity index (χ2n) is 4.62. The maximum absolute atomic E-state index is 13.7. The molecular formula is C15H15F2N3O. The molecular weight excluding hydrogens is 276 g/mol. The Bertz CT molecular complexity index is 687. The molecule has 2 aromatic carbocycles. The number of hydrogen-bond donors (Lipinski definition) is 3. The molecule has 0 saturated heterocycles. The van der Waals surface area contributed by atoms with Crippen molar-refractivity contribution >= 4 is 11.5 Å². The fourth-order valence-corrected chi connectivity index (χ4v) is 1.88. The van der Waals surface area contributed by atoms with E-state index in [4.69, 9.17) is 10.9 Å². The lowest BCUT2D eigenvalue weighted by Gasteiger charge is -2.10. The molecule has 0 aliphatic rings. The summed E-state index contributed by atoms with van der Waals surface area (Å²) in [6.45, 7) is 1.79. The molecule has 0 aliphatic carbocycles. The van der Waals surface area contributed by atoms with E-state index < -0.39 is 11.6 Å². The average Bonchev–Trinajstić information content (AvgIpc) is 2.49. The third kappa shape index (κ3) is 3.47. The van der Waals surface area contributed by atoms with E-state index in [-0.39, 0.29) is 23.6 Å². The minimum atomic E-state index is -0.513. The van der Waals surface area contributed by atoms with Crippen LogP contribution in [0.4, 0.5) is 14.5 Å². The van der Waals surface area contributed by atoms with Gasteiger partial charge in [-0.2, -0.15) is 0 Å².